The molecule has 0 aliphatic rings. The second-order valence-electron chi connectivity index (χ2n) is 7.31. The highest BCUT2D eigenvalue weighted by atomic mass is 32.1. The van der Waals surface area contributed by atoms with E-state index in [1.807, 2.05) is 0 Å². The second kappa shape index (κ2) is 9.56. The van der Waals surface area contributed by atoms with Gasteiger partial charge in [0.15, 0.2) is 0 Å². The van der Waals surface area contributed by atoms with Gasteiger partial charge in [0.05, 0.1) is 23.1 Å². The van der Waals surface area contributed by atoms with Crippen LogP contribution in [0, 0.1) is 13.8 Å². The molecule has 11 heteroatoms. The minimum atomic E-state index is -4.57. The molecule has 3 aromatic rings. The number of halogens is 3. The molecule has 0 bridgehead atoms. The lowest BCUT2D eigenvalue weighted by Gasteiger charge is -2.09. The Balaban J connectivity index is 1.93. The quantitative estimate of drug-likeness (QED) is 0.333. The standard InChI is InChI=1S/C23H20F3N3O4S/c1-11-7-8-13(9-16(11)27)19(30)29-21-17(22(32)33-3)12(2)18(34-21)20(31)28-15-6-4-5-14(10-15)23(24,25)26/h4-10H,27H2,1-3H3,(H,28,31)(H,29,30). The zero-order valence-corrected chi connectivity index (χ0v) is 19.1. The second-order valence-corrected chi connectivity index (χ2v) is 8.33. The molecule has 3 rings (SSSR count). The molecule has 0 aliphatic heterocycles. The number of rotatable bonds is 5. The number of hydrogen-bond acceptors (Lipinski definition) is 6. The first-order valence-corrected chi connectivity index (χ1v) is 10.6. The fourth-order valence-electron chi connectivity index (χ4n) is 3.08. The van der Waals surface area contributed by atoms with Gasteiger partial charge in [0.2, 0.25) is 0 Å². The van der Waals surface area contributed by atoms with E-state index in [2.05, 4.69) is 10.6 Å². The maximum Gasteiger partial charge on any atom is 0.416 e. The number of aryl methyl sites for hydroxylation is 1. The Hall–Kier alpha value is -3.86. The molecular weight excluding hydrogens is 471 g/mol. The Morgan fingerprint density at radius 1 is 1.00 bits per heavy atom. The van der Waals surface area contributed by atoms with Crippen LogP contribution in [0.25, 0.3) is 0 Å². The van der Waals surface area contributed by atoms with E-state index < -0.39 is 29.5 Å². The average Bonchev–Trinajstić information content (AvgIpc) is 3.10. The lowest BCUT2D eigenvalue weighted by Crippen LogP contribution is -2.15. The molecule has 2 aromatic carbocycles. The van der Waals surface area contributed by atoms with E-state index >= 15 is 0 Å². The van der Waals surface area contributed by atoms with Crippen molar-refractivity contribution in [2.45, 2.75) is 20.0 Å². The molecule has 2 amide bonds. The van der Waals surface area contributed by atoms with E-state index in [4.69, 9.17) is 10.5 Å². The number of ether oxygens (including phenoxy) is 1. The smallest absolute Gasteiger partial charge is 0.416 e. The maximum absolute atomic E-state index is 13.0. The van der Waals surface area contributed by atoms with Crippen LogP contribution >= 0.6 is 11.3 Å². The van der Waals surface area contributed by atoms with Gasteiger partial charge in [-0.3, -0.25) is 9.59 Å². The Bertz CT molecular complexity index is 1280. The van der Waals surface area contributed by atoms with Gasteiger partial charge in [-0.2, -0.15) is 13.2 Å². The Morgan fingerprint density at radius 2 is 1.71 bits per heavy atom. The van der Waals surface area contributed by atoms with Crippen LogP contribution in [0.2, 0.25) is 0 Å². The molecule has 1 aromatic heterocycles. The van der Waals surface area contributed by atoms with Crippen molar-refractivity contribution in [2.24, 2.45) is 0 Å². The van der Waals surface area contributed by atoms with Gasteiger partial charge in [0.1, 0.15) is 5.00 Å². The molecule has 0 saturated heterocycles. The number of esters is 1. The van der Waals surface area contributed by atoms with Gasteiger partial charge in [-0.15, -0.1) is 11.3 Å². The van der Waals surface area contributed by atoms with Crippen LogP contribution < -0.4 is 16.4 Å². The van der Waals surface area contributed by atoms with Crippen LogP contribution in [-0.2, 0) is 10.9 Å². The van der Waals surface area contributed by atoms with E-state index in [0.29, 0.717) is 5.69 Å². The van der Waals surface area contributed by atoms with Gasteiger partial charge in [0, 0.05) is 16.9 Å². The molecule has 0 unspecified atom stereocenters. The summed E-state index contributed by atoms with van der Waals surface area (Å²) in [6, 6.07) is 8.85. The summed E-state index contributed by atoms with van der Waals surface area (Å²) in [5, 5.41) is 5.05. The predicted octanol–water partition coefficient (Wildman–Crippen LogP) is 5.26. The monoisotopic (exact) mass is 491 g/mol. The number of benzene rings is 2. The van der Waals surface area contributed by atoms with Gasteiger partial charge in [-0.25, -0.2) is 4.79 Å². The molecule has 178 valence electrons. The van der Waals surface area contributed by atoms with Gasteiger partial charge < -0.3 is 21.1 Å². The number of carbonyl (C=O) groups excluding carboxylic acids is 3. The number of anilines is 3. The zero-order chi connectivity index (χ0) is 25.2. The third-order valence-corrected chi connectivity index (χ3v) is 6.16. The highest BCUT2D eigenvalue weighted by molar-refractivity contribution is 7.19. The summed E-state index contributed by atoms with van der Waals surface area (Å²) in [6.45, 7) is 3.26. The van der Waals surface area contributed by atoms with Gasteiger partial charge in [-0.1, -0.05) is 12.1 Å². The number of hydrogen-bond donors (Lipinski definition) is 3. The summed E-state index contributed by atoms with van der Waals surface area (Å²) < 4.78 is 43.7. The van der Waals surface area contributed by atoms with Crippen molar-refractivity contribution >= 4 is 45.5 Å². The van der Waals surface area contributed by atoms with Crippen molar-refractivity contribution in [1.29, 1.82) is 0 Å². The molecule has 0 fully saturated rings. The minimum absolute atomic E-state index is 0.0246. The summed E-state index contributed by atoms with van der Waals surface area (Å²) in [4.78, 5) is 38.0. The highest BCUT2D eigenvalue weighted by Crippen LogP contribution is 2.35. The first kappa shape index (κ1) is 24.8. The largest absolute Gasteiger partial charge is 0.465 e. The van der Waals surface area contributed by atoms with Gasteiger partial charge in [0.25, 0.3) is 11.8 Å². The van der Waals surface area contributed by atoms with Crippen molar-refractivity contribution in [1.82, 2.24) is 0 Å². The minimum Gasteiger partial charge on any atom is -0.465 e. The van der Waals surface area contributed by atoms with E-state index in [1.54, 1.807) is 19.1 Å². The fourth-order valence-corrected chi connectivity index (χ4v) is 4.17. The van der Waals surface area contributed by atoms with Crippen LogP contribution in [0.5, 0.6) is 0 Å². The third-order valence-electron chi connectivity index (χ3n) is 4.96. The summed E-state index contributed by atoms with van der Waals surface area (Å²) in [6.07, 6.45) is -4.57. The molecule has 4 N–H and O–H groups in total. The summed E-state index contributed by atoms with van der Waals surface area (Å²) in [7, 11) is 1.15. The van der Waals surface area contributed by atoms with Gasteiger partial charge in [-0.05, 0) is 55.3 Å². The number of carbonyl (C=O) groups is 3. The molecule has 0 aliphatic carbocycles. The SMILES string of the molecule is COC(=O)c1c(NC(=O)c2ccc(C)c(N)c2)sc(C(=O)Nc2cccc(C(F)(F)F)c2)c1C. The molecular formula is C23H20F3N3O4S. The fraction of sp³-hybridized carbons (Fsp3) is 0.174. The lowest BCUT2D eigenvalue weighted by molar-refractivity contribution is -0.137. The normalized spacial score (nSPS) is 11.1. The van der Waals surface area contributed by atoms with Crippen LogP contribution in [0.15, 0.2) is 42.5 Å². The predicted molar refractivity (Wildman–Crippen MR) is 123 cm³/mol. The van der Waals surface area contributed by atoms with Crippen molar-refractivity contribution in [3.05, 3.63) is 75.2 Å². The lowest BCUT2D eigenvalue weighted by atomic mass is 10.1. The number of nitrogen functional groups attached to an aromatic ring is 1. The van der Waals surface area contributed by atoms with Crippen molar-refractivity contribution in [3.63, 3.8) is 0 Å². The van der Waals surface area contributed by atoms with Crippen LogP contribution in [-0.4, -0.2) is 24.9 Å². The van der Waals surface area contributed by atoms with Crippen molar-refractivity contribution in [3.8, 4) is 0 Å². The summed E-state index contributed by atoms with van der Waals surface area (Å²) in [5.74, 6) is -2.10. The summed E-state index contributed by atoms with van der Waals surface area (Å²) >= 11 is 0.799. The van der Waals surface area contributed by atoms with E-state index in [1.165, 1.54) is 25.1 Å². The molecule has 0 atom stereocenters. The molecule has 34 heavy (non-hydrogen) atoms. The number of nitrogens with two attached hydrogens (primary N) is 1. The topological polar surface area (TPSA) is 111 Å². The van der Waals surface area contributed by atoms with E-state index in [-0.39, 0.29) is 32.3 Å². The van der Waals surface area contributed by atoms with Crippen molar-refractivity contribution < 1.29 is 32.3 Å². The van der Waals surface area contributed by atoms with E-state index in [0.717, 1.165) is 36.1 Å². The van der Waals surface area contributed by atoms with Crippen LogP contribution in [0.3, 0.4) is 0 Å². The average molecular weight is 491 g/mol. The van der Waals surface area contributed by atoms with Crippen LogP contribution in [0.1, 0.15) is 47.1 Å². The Labute approximate surface area is 196 Å². The molecule has 7 nitrogen and oxygen atoms in total. The van der Waals surface area contributed by atoms with Crippen LogP contribution in [0.4, 0.5) is 29.5 Å². The molecule has 0 spiro atoms. The summed E-state index contributed by atoms with van der Waals surface area (Å²) in [5.41, 5.74) is 6.46. The Kier molecular flexibility index (Phi) is 6.96. The maximum atomic E-state index is 13.0. The zero-order valence-electron chi connectivity index (χ0n) is 18.3. The number of alkyl halides is 3. The molecule has 1 heterocycles. The number of amides is 2. The first-order valence-electron chi connectivity index (χ1n) is 9.80. The highest BCUT2D eigenvalue weighted by Gasteiger charge is 2.31. The molecule has 0 saturated carbocycles. The third kappa shape index (κ3) is 5.20. The van der Waals surface area contributed by atoms with Gasteiger partial charge >= 0.3 is 12.1 Å². The number of thiophene rings is 1. The number of methoxy groups -OCH3 is 1. The van der Waals surface area contributed by atoms with E-state index in [9.17, 15) is 27.6 Å². The first-order chi connectivity index (χ1) is 15.9. The molecule has 0 radical (unpaired) electrons. The van der Waals surface area contributed by atoms with Crippen molar-refractivity contribution in [2.75, 3.05) is 23.5 Å². The number of nitrogens with one attached hydrogen (secondary N) is 2. The Morgan fingerprint density at radius 3 is 2.32 bits per heavy atom.